The zero-order valence-corrected chi connectivity index (χ0v) is 11.9. The minimum Gasteiger partial charge on any atom is -0.369 e. The highest BCUT2D eigenvalue weighted by Gasteiger charge is 2.27. The Morgan fingerprint density at radius 2 is 2.21 bits per heavy atom. The van der Waals surface area contributed by atoms with Gasteiger partial charge in [-0.3, -0.25) is 9.78 Å². The highest BCUT2D eigenvalue weighted by Crippen LogP contribution is 2.23. The third kappa shape index (κ3) is 3.22. The maximum atomic E-state index is 12.4. The minimum absolute atomic E-state index is 0.00833. The van der Waals surface area contributed by atoms with Gasteiger partial charge in [0.05, 0.1) is 12.4 Å². The molecule has 2 heterocycles. The smallest absolute Gasteiger partial charge is 0.274 e. The molecule has 104 valence electrons. The molecule has 2 rings (SSSR count). The van der Waals surface area contributed by atoms with E-state index in [0.717, 1.165) is 26.1 Å². The molecule has 0 saturated carbocycles. The van der Waals surface area contributed by atoms with Gasteiger partial charge in [-0.15, -0.1) is 0 Å². The molecule has 0 spiro atoms. The Kier molecular flexibility index (Phi) is 4.35. The molecule has 1 aliphatic rings. The number of anilines is 1. The molecule has 1 aromatic rings. The summed E-state index contributed by atoms with van der Waals surface area (Å²) in [6.45, 7) is 8.84. The van der Waals surface area contributed by atoms with Crippen LogP contribution in [0, 0.1) is 11.8 Å². The number of piperidine rings is 1. The van der Waals surface area contributed by atoms with Crippen molar-refractivity contribution in [2.24, 2.45) is 11.8 Å². The predicted molar refractivity (Wildman–Crippen MR) is 75.0 cm³/mol. The predicted octanol–water partition coefficient (Wildman–Crippen LogP) is 2.03. The Morgan fingerprint density at radius 1 is 1.42 bits per heavy atom. The summed E-state index contributed by atoms with van der Waals surface area (Å²) >= 11 is 0. The van der Waals surface area contributed by atoms with Crippen LogP contribution in [0.4, 0.5) is 5.82 Å². The van der Waals surface area contributed by atoms with Crippen molar-refractivity contribution in [3.63, 3.8) is 0 Å². The maximum absolute atomic E-state index is 12.4. The van der Waals surface area contributed by atoms with Crippen molar-refractivity contribution in [1.82, 2.24) is 14.9 Å². The molecule has 1 saturated heterocycles. The highest BCUT2D eigenvalue weighted by atomic mass is 16.2. The van der Waals surface area contributed by atoms with E-state index in [1.165, 1.54) is 0 Å². The third-order valence-corrected chi connectivity index (χ3v) is 3.83. The first-order valence-corrected chi connectivity index (χ1v) is 6.97. The number of hydrogen-bond acceptors (Lipinski definition) is 4. The molecule has 0 aromatic carbocycles. The number of hydrogen-bond donors (Lipinski definition) is 1. The Morgan fingerprint density at radius 3 is 2.89 bits per heavy atom. The fourth-order valence-corrected chi connectivity index (χ4v) is 2.34. The second kappa shape index (κ2) is 5.99. The van der Waals surface area contributed by atoms with Gasteiger partial charge in [-0.25, -0.2) is 4.98 Å². The van der Waals surface area contributed by atoms with Gasteiger partial charge in [0, 0.05) is 19.6 Å². The van der Waals surface area contributed by atoms with Gasteiger partial charge in [-0.05, 0) is 25.2 Å². The van der Waals surface area contributed by atoms with Gasteiger partial charge >= 0.3 is 0 Å². The number of rotatable bonds is 3. The number of nitrogens with zero attached hydrogens (tertiary/aromatic N) is 3. The Hall–Kier alpha value is -1.65. The molecular formula is C14H22N4O. The fraction of sp³-hybridized carbons (Fsp3) is 0.643. The van der Waals surface area contributed by atoms with Gasteiger partial charge < -0.3 is 10.2 Å². The average Bonchev–Trinajstić information content (AvgIpc) is 2.42. The minimum atomic E-state index is -0.00833. The number of likely N-dealkylation sites (tertiary alicyclic amines) is 1. The molecule has 1 aromatic heterocycles. The van der Waals surface area contributed by atoms with Crippen molar-refractivity contribution in [2.75, 3.05) is 25.0 Å². The highest BCUT2D eigenvalue weighted by molar-refractivity contribution is 5.92. The van der Waals surface area contributed by atoms with Crippen molar-refractivity contribution < 1.29 is 4.79 Å². The van der Waals surface area contributed by atoms with E-state index in [0.29, 0.717) is 23.3 Å². The van der Waals surface area contributed by atoms with Gasteiger partial charge in [-0.2, -0.15) is 0 Å². The van der Waals surface area contributed by atoms with E-state index in [1.807, 2.05) is 11.8 Å². The van der Waals surface area contributed by atoms with E-state index in [-0.39, 0.29) is 5.91 Å². The Labute approximate surface area is 114 Å². The molecule has 1 aliphatic heterocycles. The van der Waals surface area contributed by atoms with E-state index >= 15 is 0 Å². The molecule has 1 fully saturated rings. The van der Waals surface area contributed by atoms with Crippen LogP contribution in [0.5, 0.6) is 0 Å². The quantitative estimate of drug-likeness (QED) is 0.905. The lowest BCUT2D eigenvalue weighted by atomic mass is 9.88. The molecule has 0 radical (unpaired) electrons. The molecule has 0 bridgehead atoms. The standard InChI is InChI=1S/C14H22N4O/c1-4-16-13-8-15-7-12(17-13)14(19)18-6-5-10(2)11(3)9-18/h7-8,10-11H,4-6,9H2,1-3H3,(H,16,17). The lowest BCUT2D eigenvalue weighted by Crippen LogP contribution is -2.42. The van der Waals surface area contributed by atoms with Crippen LogP contribution in [0.2, 0.25) is 0 Å². The molecular weight excluding hydrogens is 240 g/mol. The number of amides is 1. The lowest BCUT2D eigenvalue weighted by molar-refractivity contribution is 0.0621. The number of carbonyl (C=O) groups excluding carboxylic acids is 1. The fourth-order valence-electron chi connectivity index (χ4n) is 2.34. The van der Waals surface area contributed by atoms with E-state index in [1.54, 1.807) is 12.4 Å². The summed E-state index contributed by atoms with van der Waals surface area (Å²) < 4.78 is 0. The summed E-state index contributed by atoms with van der Waals surface area (Å²) in [6, 6.07) is 0. The first-order chi connectivity index (χ1) is 9.11. The van der Waals surface area contributed by atoms with Gasteiger partial charge in [0.1, 0.15) is 11.5 Å². The number of carbonyl (C=O) groups is 1. The molecule has 1 amide bonds. The summed E-state index contributed by atoms with van der Waals surface area (Å²) in [5.74, 6) is 1.88. The van der Waals surface area contributed by atoms with E-state index in [4.69, 9.17) is 0 Å². The maximum Gasteiger partial charge on any atom is 0.274 e. The van der Waals surface area contributed by atoms with Crippen LogP contribution in [0.1, 0.15) is 37.7 Å². The second-order valence-electron chi connectivity index (χ2n) is 5.31. The van der Waals surface area contributed by atoms with Gasteiger partial charge in [0.2, 0.25) is 0 Å². The summed E-state index contributed by atoms with van der Waals surface area (Å²) in [7, 11) is 0. The van der Waals surface area contributed by atoms with Crippen molar-refractivity contribution in [3.8, 4) is 0 Å². The summed E-state index contributed by atoms with van der Waals surface area (Å²) in [5, 5.41) is 3.08. The third-order valence-electron chi connectivity index (χ3n) is 3.83. The lowest BCUT2D eigenvalue weighted by Gasteiger charge is -2.35. The average molecular weight is 262 g/mol. The Bertz CT molecular complexity index is 449. The van der Waals surface area contributed by atoms with Crippen LogP contribution in [0.3, 0.4) is 0 Å². The van der Waals surface area contributed by atoms with Crippen molar-refractivity contribution in [2.45, 2.75) is 27.2 Å². The van der Waals surface area contributed by atoms with Crippen LogP contribution >= 0.6 is 0 Å². The molecule has 5 heteroatoms. The topological polar surface area (TPSA) is 58.1 Å². The zero-order valence-electron chi connectivity index (χ0n) is 11.9. The van der Waals surface area contributed by atoms with E-state index in [9.17, 15) is 4.79 Å². The van der Waals surface area contributed by atoms with Crippen LogP contribution in [0.15, 0.2) is 12.4 Å². The van der Waals surface area contributed by atoms with Crippen molar-refractivity contribution >= 4 is 11.7 Å². The second-order valence-corrected chi connectivity index (χ2v) is 5.31. The molecule has 2 unspecified atom stereocenters. The summed E-state index contributed by atoms with van der Waals surface area (Å²) in [5.41, 5.74) is 0.431. The van der Waals surface area contributed by atoms with Crippen LogP contribution in [0.25, 0.3) is 0 Å². The van der Waals surface area contributed by atoms with Crippen LogP contribution < -0.4 is 5.32 Å². The molecule has 19 heavy (non-hydrogen) atoms. The van der Waals surface area contributed by atoms with Crippen LogP contribution in [-0.2, 0) is 0 Å². The van der Waals surface area contributed by atoms with Gasteiger partial charge in [-0.1, -0.05) is 13.8 Å². The first kappa shape index (κ1) is 13.8. The van der Waals surface area contributed by atoms with E-state index < -0.39 is 0 Å². The molecule has 1 N–H and O–H groups in total. The summed E-state index contributed by atoms with van der Waals surface area (Å²) in [6.07, 6.45) is 4.25. The zero-order chi connectivity index (χ0) is 13.8. The monoisotopic (exact) mass is 262 g/mol. The SMILES string of the molecule is CCNc1cncc(C(=O)N2CCC(C)C(C)C2)n1. The van der Waals surface area contributed by atoms with E-state index in [2.05, 4.69) is 29.1 Å². The molecule has 0 aliphatic carbocycles. The van der Waals surface area contributed by atoms with Gasteiger partial charge in [0.15, 0.2) is 0 Å². The van der Waals surface area contributed by atoms with Crippen molar-refractivity contribution in [3.05, 3.63) is 18.1 Å². The van der Waals surface area contributed by atoms with Crippen molar-refractivity contribution in [1.29, 1.82) is 0 Å². The number of aromatic nitrogens is 2. The summed E-state index contributed by atoms with van der Waals surface area (Å²) in [4.78, 5) is 22.7. The normalized spacial score (nSPS) is 23.2. The molecule has 2 atom stereocenters. The number of nitrogens with one attached hydrogen (secondary N) is 1. The Balaban J connectivity index is 2.09. The molecule has 5 nitrogen and oxygen atoms in total. The largest absolute Gasteiger partial charge is 0.369 e. The van der Waals surface area contributed by atoms with Gasteiger partial charge in [0.25, 0.3) is 5.91 Å². The van der Waals surface area contributed by atoms with Crippen LogP contribution in [-0.4, -0.2) is 40.4 Å². The first-order valence-electron chi connectivity index (χ1n) is 6.97.